The number of hydrogen-bond donors (Lipinski definition) is 1. The van der Waals surface area contributed by atoms with Gasteiger partial charge in [-0.3, -0.25) is 9.48 Å². The Balaban J connectivity index is 1.68. The van der Waals surface area contributed by atoms with E-state index in [0.29, 0.717) is 35.8 Å². The number of benzene rings is 1. The maximum atomic E-state index is 13.2. The quantitative estimate of drug-likeness (QED) is 0.721. The van der Waals surface area contributed by atoms with Crippen molar-refractivity contribution in [3.63, 3.8) is 0 Å². The van der Waals surface area contributed by atoms with Crippen LogP contribution in [0.25, 0.3) is 10.9 Å². The maximum Gasteiger partial charge on any atom is 0.408 e. The number of hydrogen-bond acceptors (Lipinski definition) is 3. The topological polar surface area (TPSA) is 63.1 Å². The highest BCUT2D eigenvalue weighted by Crippen LogP contribution is 2.32. The Labute approximate surface area is 165 Å². The zero-order valence-corrected chi connectivity index (χ0v) is 16.1. The molecule has 2 aromatic heterocycles. The number of fused-ring (bicyclic) bond motifs is 1. The van der Waals surface area contributed by atoms with Gasteiger partial charge >= 0.3 is 6.18 Å². The van der Waals surface area contributed by atoms with Gasteiger partial charge in [0.15, 0.2) is 0 Å². The molecular weight excluding hydrogens is 385 g/mol. The SMILES string of the molecule is Cc1nn(CC(F)(F)F)c(C)c1C1COCCN1C(=O)c1cc2ccccc2[nH]1. The molecular formula is C20H21F3N4O2. The third-order valence-electron chi connectivity index (χ3n) is 5.25. The van der Waals surface area contributed by atoms with E-state index >= 15 is 0 Å². The van der Waals surface area contributed by atoms with Gasteiger partial charge in [0.2, 0.25) is 0 Å². The highest BCUT2D eigenvalue weighted by atomic mass is 19.4. The lowest BCUT2D eigenvalue weighted by atomic mass is 10.0. The van der Waals surface area contributed by atoms with Gasteiger partial charge in [0.05, 0.1) is 24.9 Å². The molecule has 9 heteroatoms. The first-order chi connectivity index (χ1) is 13.7. The number of carbonyl (C=O) groups excluding carboxylic acids is 1. The first kappa shape index (κ1) is 19.5. The normalized spacial score (nSPS) is 17.8. The molecule has 1 fully saturated rings. The minimum absolute atomic E-state index is 0.211. The molecule has 0 aliphatic carbocycles. The molecule has 0 spiro atoms. The molecule has 154 valence electrons. The van der Waals surface area contributed by atoms with Crippen molar-refractivity contribution in [2.75, 3.05) is 19.8 Å². The second-order valence-corrected chi connectivity index (χ2v) is 7.22. The predicted molar refractivity (Wildman–Crippen MR) is 101 cm³/mol. The van der Waals surface area contributed by atoms with Crippen LogP contribution < -0.4 is 0 Å². The minimum atomic E-state index is -4.37. The number of alkyl halides is 3. The van der Waals surface area contributed by atoms with Gasteiger partial charge in [-0.05, 0) is 26.0 Å². The van der Waals surface area contributed by atoms with Crippen molar-refractivity contribution in [3.8, 4) is 0 Å². The van der Waals surface area contributed by atoms with Crippen LogP contribution in [0, 0.1) is 13.8 Å². The van der Waals surface area contributed by atoms with Crippen molar-refractivity contribution in [2.24, 2.45) is 0 Å². The molecule has 3 aromatic rings. The minimum Gasteiger partial charge on any atom is -0.377 e. The molecule has 1 amide bonds. The average Bonchev–Trinajstić information content (AvgIpc) is 3.21. The third-order valence-corrected chi connectivity index (χ3v) is 5.25. The number of para-hydroxylation sites is 1. The van der Waals surface area contributed by atoms with Crippen molar-refractivity contribution in [3.05, 3.63) is 53.0 Å². The largest absolute Gasteiger partial charge is 0.408 e. The summed E-state index contributed by atoms with van der Waals surface area (Å²) in [5, 5.41) is 4.99. The van der Waals surface area contributed by atoms with Crippen molar-refractivity contribution in [1.29, 1.82) is 0 Å². The van der Waals surface area contributed by atoms with Crippen molar-refractivity contribution in [2.45, 2.75) is 32.6 Å². The van der Waals surface area contributed by atoms with Crippen LogP contribution >= 0.6 is 0 Å². The van der Waals surface area contributed by atoms with E-state index in [1.165, 1.54) is 0 Å². The summed E-state index contributed by atoms with van der Waals surface area (Å²) in [4.78, 5) is 18.0. The predicted octanol–water partition coefficient (Wildman–Crippen LogP) is 3.76. The van der Waals surface area contributed by atoms with Gasteiger partial charge in [0, 0.05) is 28.7 Å². The summed E-state index contributed by atoms with van der Waals surface area (Å²) in [6.07, 6.45) is -4.37. The Morgan fingerprint density at radius 2 is 2.07 bits per heavy atom. The Kier molecular flexibility index (Phi) is 4.85. The van der Waals surface area contributed by atoms with Gasteiger partial charge in [-0.1, -0.05) is 18.2 Å². The Morgan fingerprint density at radius 1 is 1.31 bits per heavy atom. The molecule has 1 atom stereocenters. The summed E-state index contributed by atoms with van der Waals surface area (Å²) >= 11 is 0. The number of carbonyl (C=O) groups is 1. The fourth-order valence-corrected chi connectivity index (χ4v) is 3.95. The van der Waals surface area contributed by atoms with Crippen LogP contribution in [-0.2, 0) is 11.3 Å². The number of aromatic nitrogens is 3. The summed E-state index contributed by atoms with van der Waals surface area (Å²) in [6.45, 7) is 3.03. The van der Waals surface area contributed by atoms with Crippen LogP contribution in [0.15, 0.2) is 30.3 Å². The van der Waals surface area contributed by atoms with E-state index in [4.69, 9.17) is 4.74 Å². The Hall–Kier alpha value is -2.81. The van der Waals surface area contributed by atoms with Crippen LogP contribution in [0.4, 0.5) is 13.2 Å². The first-order valence-corrected chi connectivity index (χ1v) is 9.32. The molecule has 4 rings (SSSR count). The summed E-state index contributed by atoms with van der Waals surface area (Å²) in [5.41, 5.74) is 2.77. The van der Waals surface area contributed by atoms with E-state index in [-0.39, 0.29) is 12.5 Å². The van der Waals surface area contributed by atoms with Crippen molar-refractivity contribution >= 4 is 16.8 Å². The zero-order chi connectivity index (χ0) is 20.8. The number of ether oxygens (including phenoxy) is 1. The van der Waals surface area contributed by atoms with Gasteiger partial charge < -0.3 is 14.6 Å². The Morgan fingerprint density at radius 3 is 2.79 bits per heavy atom. The molecule has 29 heavy (non-hydrogen) atoms. The number of rotatable bonds is 3. The molecule has 1 aromatic carbocycles. The van der Waals surface area contributed by atoms with E-state index in [1.54, 1.807) is 24.8 Å². The standard InChI is InChI=1S/C20H21F3N4O2/c1-12-18(13(2)27(25-12)11-20(21,22)23)17-10-29-8-7-26(17)19(28)16-9-14-5-3-4-6-15(14)24-16/h3-6,9,17,24H,7-8,10-11H2,1-2H3. The second-order valence-electron chi connectivity index (χ2n) is 7.22. The van der Waals surface area contributed by atoms with E-state index in [1.807, 2.05) is 24.3 Å². The Bertz CT molecular complexity index is 1020. The summed E-state index contributed by atoms with van der Waals surface area (Å²) < 4.78 is 45.2. The fourth-order valence-electron chi connectivity index (χ4n) is 3.95. The average molecular weight is 406 g/mol. The second kappa shape index (κ2) is 7.22. The van der Waals surface area contributed by atoms with Gasteiger partial charge in [-0.15, -0.1) is 0 Å². The van der Waals surface area contributed by atoms with E-state index < -0.39 is 18.8 Å². The number of aryl methyl sites for hydroxylation is 1. The van der Waals surface area contributed by atoms with Crippen molar-refractivity contribution < 1.29 is 22.7 Å². The number of halogens is 3. The molecule has 0 saturated carbocycles. The van der Waals surface area contributed by atoms with E-state index in [2.05, 4.69) is 10.1 Å². The smallest absolute Gasteiger partial charge is 0.377 e. The monoisotopic (exact) mass is 406 g/mol. The van der Waals surface area contributed by atoms with Gasteiger partial charge in [-0.2, -0.15) is 18.3 Å². The molecule has 0 radical (unpaired) electrons. The molecule has 0 bridgehead atoms. The van der Waals surface area contributed by atoms with Gasteiger partial charge in [0.1, 0.15) is 12.2 Å². The molecule has 1 aliphatic rings. The van der Waals surface area contributed by atoms with Crippen LogP contribution in [0.2, 0.25) is 0 Å². The lowest BCUT2D eigenvalue weighted by Crippen LogP contribution is -2.44. The summed E-state index contributed by atoms with van der Waals surface area (Å²) in [7, 11) is 0. The highest BCUT2D eigenvalue weighted by Gasteiger charge is 2.36. The van der Waals surface area contributed by atoms with Crippen LogP contribution in [-0.4, -0.2) is 51.5 Å². The number of nitrogens with one attached hydrogen (secondary N) is 1. The molecule has 1 saturated heterocycles. The molecule has 1 unspecified atom stereocenters. The van der Waals surface area contributed by atoms with E-state index in [9.17, 15) is 18.0 Å². The number of H-pyrrole nitrogens is 1. The van der Waals surface area contributed by atoms with Crippen LogP contribution in [0.1, 0.15) is 33.5 Å². The number of aromatic amines is 1. The lowest BCUT2D eigenvalue weighted by molar-refractivity contribution is -0.143. The summed E-state index contributed by atoms with van der Waals surface area (Å²) in [6, 6.07) is 8.87. The maximum absolute atomic E-state index is 13.2. The molecule has 1 aliphatic heterocycles. The zero-order valence-electron chi connectivity index (χ0n) is 16.1. The fraction of sp³-hybridized carbons (Fsp3) is 0.400. The van der Waals surface area contributed by atoms with Crippen LogP contribution in [0.3, 0.4) is 0 Å². The van der Waals surface area contributed by atoms with Gasteiger partial charge in [-0.25, -0.2) is 0 Å². The first-order valence-electron chi connectivity index (χ1n) is 9.32. The highest BCUT2D eigenvalue weighted by molar-refractivity contribution is 5.98. The van der Waals surface area contributed by atoms with E-state index in [0.717, 1.165) is 15.6 Å². The number of morpholine rings is 1. The number of amides is 1. The third kappa shape index (κ3) is 3.74. The molecule has 3 heterocycles. The number of nitrogens with zero attached hydrogens (tertiary/aromatic N) is 3. The lowest BCUT2D eigenvalue weighted by Gasteiger charge is -2.35. The van der Waals surface area contributed by atoms with Crippen LogP contribution in [0.5, 0.6) is 0 Å². The van der Waals surface area contributed by atoms with Crippen molar-refractivity contribution in [1.82, 2.24) is 19.7 Å². The molecule has 6 nitrogen and oxygen atoms in total. The summed E-state index contributed by atoms with van der Waals surface area (Å²) in [5.74, 6) is -0.211. The van der Waals surface area contributed by atoms with Gasteiger partial charge in [0.25, 0.3) is 5.91 Å². The molecule has 1 N–H and O–H groups in total.